The fourth-order valence-corrected chi connectivity index (χ4v) is 6.45. The first-order chi connectivity index (χ1) is 10.4. The van der Waals surface area contributed by atoms with Gasteiger partial charge in [-0.15, -0.1) is 0 Å². The van der Waals surface area contributed by atoms with Gasteiger partial charge in [-0.1, -0.05) is 25.5 Å². The summed E-state index contributed by atoms with van der Waals surface area (Å²) in [5.41, 5.74) is 1.07. The van der Waals surface area contributed by atoms with Crippen LogP contribution in [-0.2, 0) is 4.79 Å². The van der Waals surface area contributed by atoms with Gasteiger partial charge in [0.1, 0.15) is 5.78 Å². The van der Waals surface area contributed by atoms with E-state index in [1.807, 2.05) is 0 Å². The Morgan fingerprint density at radius 2 is 1.95 bits per heavy atom. The van der Waals surface area contributed by atoms with Gasteiger partial charge in [-0.25, -0.2) is 0 Å². The Kier molecular flexibility index (Phi) is 3.16. The molecule has 0 heterocycles. The number of hydrogen-bond donors (Lipinski definition) is 2. The van der Waals surface area contributed by atoms with E-state index >= 15 is 0 Å². The van der Waals surface area contributed by atoms with Crippen LogP contribution >= 0.6 is 0 Å². The molecule has 0 spiro atoms. The first-order valence-corrected chi connectivity index (χ1v) is 8.94. The number of hydrogen-bond acceptors (Lipinski definition) is 3. The SMILES string of the molecule is C[C@]12CC(=O)[C@H]3[C@@H](CC=C4C[C@@H](O)CC[C@@]43C)[C@@H]1CC[C@@H]2O. The number of rotatable bonds is 0. The van der Waals surface area contributed by atoms with Crippen molar-refractivity contribution in [3.63, 3.8) is 0 Å². The fraction of sp³-hybridized carbons (Fsp3) is 0.842. The largest absolute Gasteiger partial charge is 0.393 e. The van der Waals surface area contributed by atoms with Crippen LogP contribution in [-0.4, -0.2) is 28.2 Å². The molecule has 4 aliphatic carbocycles. The van der Waals surface area contributed by atoms with Gasteiger partial charge < -0.3 is 10.2 Å². The second kappa shape index (κ2) is 4.67. The number of ketones is 1. The molecule has 0 radical (unpaired) electrons. The highest BCUT2D eigenvalue weighted by molar-refractivity contribution is 5.85. The predicted molar refractivity (Wildman–Crippen MR) is 84.1 cm³/mol. The van der Waals surface area contributed by atoms with Crippen molar-refractivity contribution in [2.45, 2.75) is 71.0 Å². The third kappa shape index (κ3) is 1.78. The number of fused-ring (bicyclic) bond motifs is 5. The molecule has 4 aliphatic rings. The summed E-state index contributed by atoms with van der Waals surface area (Å²) in [7, 11) is 0. The molecule has 0 saturated heterocycles. The van der Waals surface area contributed by atoms with Crippen LogP contribution < -0.4 is 0 Å². The van der Waals surface area contributed by atoms with Crippen molar-refractivity contribution in [1.82, 2.24) is 0 Å². The van der Waals surface area contributed by atoms with Crippen molar-refractivity contribution in [3.8, 4) is 0 Å². The van der Waals surface area contributed by atoms with E-state index in [-0.39, 0.29) is 29.0 Å². The fourth-order valence-electron chi connectivity index (χ4n) is 6.45. The van der Waals surface area contributed by atoms with Gasteiger partial charge in [0.05, 0.1) is 12.2 Å². The van der Waals surface area contributed by atoms with Gasteiger partial charge in [0, 0.05) is 17.8 Å². The van der Waals surface area contributed by atoms with Crippen molar-refractivity contribution in [3.05, 3.63) is 11.6 Å². The molecule has 0 aromatic heterocycles. The Morgan fingerprint density at radius 1 is 1.18 bits per heavy atom. The van der Waals surface area contributed by atoms with Gasteiger partial charge in [-0.05, 0) is 55.8 Å². The molecular weight excluding hydrogens is 276 g/mol. The normalized spacial score (nSPS) is 54.3. The van der Waals surface area contributed by atoms with Gasteiger partial charge >= 0.3 is 0 Å². The summed E-state index contributed by atoms with van der Waals surface area (Å²) in [6.45, 7) is 4.39. The number of aliphatic hydroxyl groups excluding tert-OH is 2. The highest BCUT2D eigenvalue weighted by Gasteiger charge is 2.61. The summed E-state index contributed by atoms with van der Waals surface area (Å²) < 4.78 is 0. The van der Waals surface area contributed by atoms with Crippen molar-refractivity contribution in [2.75, 3.05) is 0 Å². The van der Waals surface area contributed by atoms with E-state index in [9.17, 15) is 15.0 Å². The Labute approximate surface area is 132 Å². The molecule has 0 aromatic rings. The topological polar surface area (TPSA) is 57.5 Å². The molecule has 0 aromatic carbocycles. The van der Waals surface area contributed by atoms with E-state index in [0.29, 0.717) is 24.0 Å². The Morgan fingerprint density at radius 3 is 2.73 bits per heavy atom. The lowest BCUT2D eigenvalue weighted by Gasteiger charge is -2.56. The van der Waals surface area contributed by atoms with Gasteiger partial charge in [-0.3, -0.25) is 4.79 Å². The van der Waals surface area contributed by atoms with Crippen LogP contribution in [0.25, 0.3) is 0 Å². The van der Waals surface area contributed by atoms with E-state index in [2.05, 4.69) is 19.9 Å². The summed E-state index contributed by atoms with van der Waals surface area (Å²) in [6.07, 6.45) is 7.70. The minimum atomic E-state index is -0.311. The average molecular weight is 304 g/mol. The van der Waals surface area contributed by atoms with Crippen LogP contribution in [0.3, 0.4) is 0 Å². The predicted octanol–water partition coefficient (Wildman–Crippen LogP) is 2.85. The van der Waals surface area contributed by atoms with Gasteiger partial charge in [0.15, 0.2) is 0 Å². The van der Waals surface area contributed by atoms with E-state index < -0.39 is 0 Å². The third-order valence-corrected chi connectivity index (χ3v) is 7.72. The maximum atomic E-state index is 13.1. The van der Waals surface area contributed by atoms with E-state index in [4.69, 9.17) is 0 Å². The highest BCUT2D eigenvalue weighted by Crippen LogP contribution is 2.63. The molecule has 0 unspecified atom stereocenters. The Balaban J connectivity index is 1.74. The average Bonchev–Trinajstić information content (AvgIpc) is 2.75. The second-order valence-corrected chi connectivity index (χ2v) is 8.77. The zero-order chi connectivity index (χ0) is 15.7. The molecule has 22 heavy (non-hydrogen) atoms. The number of Topliss-reactive ketones (excluding diaryl/α,β-unsaturated/α-hetero) is 1. The maximum Gasteiger partial charge on any atom is 0.137 e. The molecule has 3 nitrogen and oxygen atoms in total. The lowest BCUT2D eigenvalue weighted by Crippen LogP contribution is -2.55. The van der Waals surface area contributed by atoms with Crippen molar-refractivity contribution >= 4 is 5.78 Å². The lowest BCUT2D eigenvalue weighted by atomic mass is 9.47. The zero-order valence-electron chi connectivity index (χ0n) is 13.7. The van der Waals surface area contributed by atoms with Gasteiger partial charge in [-0.2, -0.15) is 0 Å². The monoisotopic (exact) mass is 304 g/mol. The Bertz CT molecular complexity index is 539. The third-order valence-electron chi connectivity index (χ3n) is 7.72. The maximum absolute atomic E-state index is 13.1. The number of aliphatic hydroxyl groups is 2. The number of carbonyl (C=O) groups excluding carboxylic acids is 1. The quantitative estimate of drug-likeness (QED) is 0.677. The number of allylic oxidation sites excluding steroid dienone is 1. The van der Waals surface area contributed by atoms with E-state index in [1.165, 1.54) is 5.57 Å². The van der Waals surface area contributed by atoms with Crippen LogP contribution in [0.4, 0.5) is 0 Å². The summed E-state index contributed by atoms with van der Waals surface area (Å²) in [6, 6.07) is 0. The summed E-state index contributed by atoms with van der Waals surface area (Å²) in [5, 5.41) is 20.4. The molecule has 7 atom stereocenters. The summed E-state index contributed by atoms with van der Waals surface area (Å²) in [4.78, 5) is 13.1. The first-order valence-electron chi connectivity index (χ1n) is 8.94. The van der Waals surface area contributed by atoms with Crippen molar-refractivity contribution < 1.29 is 15.0 Å². The summed E-state index contributed by atoms with van der Waals surface area (Å²) >= 11 is 0. The minimum absolute atomic E-state index is 0.0475. The smallest absolute Gasteiger partial charge is 0.137 e. The number of carbonyl (C=O) groups is 1. The Hall–Kier alpha value is -0.670. The molecule has 3 heteroatoms. The second-order valence-electron chi connectivity index (χ2n) is 8.77. The van der Waals surface area contributed by atoms with Crippen molar-refractivity contribution in [2.24, 2.45) is 28.6 Å². The van der Waals surface area contributed by atoms with E-state index in [1.54, 1.807) is 0 Å². The van der Waals surface area contributed by atoms with Gasteiger partial charge in [0.25, 0.3) is 0 Å². The first kappa shape index (κ1) is 14.9. The molecule has 0 bridgehead atoms. The molecule has 2 N–H and O–H groups in total. The molecule has 0 amide bonds. The summed E-state index contributed by atoms with van der Waals surface area (Å²) in [5.74, 6) is 1.36. The van der Waals surface area contributed by atoms with Crippen LogP contribution in [0.1, 0.15) is 58.8 Å². The zero-order valence-corrected chi connectivity index (χ0v) is 13.7. The van der Waals surface area contributed by atoms with Crippen LogP contribution in [0.15, 0.2) is 11.6 Å². The molecule has 4 rings (SSSR count). The van der Waals surface area contributed by atoms with Crippen LogP contribution in [0.5, 0.6) is 0 Å². The van der Waals surface area contributed by atoms with E-state index in [0.717, 1.165) is 38.5 Å². The van der Waals surface area contributed by atoms with Crippen LogP contribution in [0, 0.1) is 28.6 Å². The molecular formula is C19H28O3. The van der Waals surface area contributed by atoms with Crippen molar-refractivity contribution in [1.29, 1.82) is 0 Å². The molecule has 122 valence electrons. The minimum Gasteiger partial charge on any atom is -0.393 e. The van der Waals surface area contributed by atoms with Gasteiger partial charge in [0.2, 0.25) is 0 Å². The highest BCUT2D eigenvalue weighted by atomic mass is 16.3. The molecule has 3 fully saturated rings. The standard InChI is InChI=1S/C19H28O3/c1-18-8-7-12(20)9-11(18)3-4-13-14-5-6-16(22)19(14,2)10-15(21)17(13)18/h3,12-14,16-17,20,22H,4-10H2,1-2H3/t12-,13-,14-,16-,17+,18-,19-/m0/s1. The molecule has 0 aliphatic heterocycles. The van der Waals surface area contributed by atoms with Crippen LogP contribution in [0.2, 0.25) is 0 Å². The molecule has 3 saturated carbocycles. The lowest BCUT2D eigenvalue weighted by molar-refractivity contribution is -0.147.